The normalized spacial score (nSPS) is 15.8. The third-order valence-corrected chi connectivity index (χ3v) is 12.1. The van der Waals surface area contributed by atoms with Crippen molar-refractivity contribution in [1.29, 1.82) is 5.26 Å². The van der Waals surface area contributed by atoms with Gasteiger partial charge in [0.15, 0.2) is 0 Å². The summed E-state index contributed by atoms with van der Waals surface area (Å²) in [6.45, 7) is 0. The molecule has 0 aromatic heterocycles. The molecule has 0 N–H and O–H groups in total. The Morgan fingerprint density at radius 1 is 0.404 bits per heavy atom. The lowest BCUT2D eigenvalue weighted by atomic mass is 9.69. The van der Waals surface area contributed by atoms with Gasteiger partial charge >= 0.3 is 0 Å². The second-order valence-electron chi connectivity index (χ2n) is 15.1. The molecule has 2 heteroatoms. The van der Waals surface area contributed by atoms with Crippen molar-refractivity contribution in [2.75, 3.05) is 4.90 Å². The van der Waals surface area contributed by atoms with Crippen molar-refractivity contribution >= 4 is 71.3 Å². The van der Waals surface area contributed by atoms with E-state index in [0.717, 1.165) is 22.4 Å². The highest BCUT2D eigenvalue weighted by atomic mass is 15.1. The third kappa shape index (κ3) is 5.25. The van der Waals surface area contributed by atoms with Crippen molar-refractivity contribution in [2.24, 2.45) is 11.8 Å². The number of rotatable bonds is 5. The molecule has 0 saturated heterocycles. The van der Waals surface area contributed by atoms with Crippen LogP contribution in [0.4, 0.5) is 17.1 Å². The number of hydrogen-bond donors (Lipinski definition) is 0. The van der Waals surface area contributed by atoms with E-state index in [1.807, 2.05) is 12.1 Å². The van der Waals surface area contributed by atoms with E-state index in [1.54, 1.807) is 0 Å². The highest BCUT2D eigenvalue weighted by molar-refractivity contribution is 6.16. The molecular formula is C55H36N2. The topological polar surface area (TPSA) is 27.0 Å². The van der Waals surface area contributed by atoms with Crippen LogP contribution in [0.5, 0.6) is 0 Å². The smallest absolute Gasteiger partial charge is 0.0991 e. The molecule has 2 unspecified atom stereocenters. The molecule has 9 aromatic carbocycles. The van der Waals surface area contributed by atoms with Crippen molar-refractivity contribution in [3.63, 3.8) is 0 Å². The minimum atomic E-state index is 0.146. The van der Waals surface area contributed by atoms with Gasteiger partial charge in [0.05, 0.1) is 23.0 Å². The van der Waals surface area contributed by atoms with Crippen LogP contribution in [-0.2, 0) is 0 Å². The van der Waals surface area contributed by atoms with E-state index >= 15 is 0 Å². The van der Waals surface area contributed by atoms with Crippen molar-refractivity contribution in [1.82, 2.24) is 0 Å². The molecule has 57 heavy (non-hydrogen) atoms. The highest BCUT2D eigenvalue weighted by Crippen LogP contribution is 2.48. The lowest BCUT2D eigenvalue weighted by molar-refractivity contribution is 0.687. The predicted octanol–water partition coefficient (Wildman–Crippen LogP) is 12.4. The van der Waals surface area contributed by atoms with E-state index in [0.29, 0.717) is 5.56 Å². The summed E-state index contributed by atoms with van der Waals surface area (Å²) in [5.41, 5.74) is 9.10. The minimum absolute atomic E-state index is 0.146. The minimum Gasteiger partial charge on any atom is -0.309 e. The van der Waals surface area contributed by atoms with Gasteiger partial charge in [0.1, 0.15) is 0 Å². The summed E-state index contributed by atoms with van der Waals surface area (Å²) in [6.07, 6.45) is 9.27. The second-order valence-corrected chi connectivity index (χ2v) is 15.1. The molecule has 2 aliphatic rings. The summed E-state index contributed by atoms with van der Waals surface area (Å²) in [4.78, 5) is 2.39. The van der Waals surface area contributed by atoms with Crippen molar-refractivity contribution in [3.05, 3.63) is 233 Å². The van der Waals surface area contributed by atoms with Crippen LogP contribution in [0, 0.1) is 23.2 Å². The standard InChI is InChI=1S/C55H36N2/c56-35-36-28-30-39(31-29-36)57(53-34-38-15-2-4-18-41(38)42-19-5-8-22-45(42)53)52-33-32-51(43-20-6-7-21-44(43)52)55-49-25-11-9-23-47(49)54(48-24-10-12-26-50(48)55)46-27-13-16-37-14-1-3-17-40(37)46/h1-34,47,49H. The molecule has 11 rings (SSSR count). The zero-order chi connectivity index (χ0) is 37.9. The maximum Gasteiger partial charge on any atom is 0.0991 e. The van der Waals surface area contributed by atoms with E-state index < -0.39 is 0 Å². The predicted molar refractivity (Wildman–Crippen MR) is 238 cm³/mol. The van der Waals surface area contributed by atoms with Gasteiger partial charge in [-0.3, -0.25) is 0 Å². The van der Waals surface area contributed by atoms with Gasteiger partial charge in [0, 0.05) is 28.3 Å². The Balaban J connectivity index is 1.21. The van der Waals surface area contributed by atoms with Crippen molar-refractivity contribution in [2.45, 2.75) is 0 Å². The van der Waals surface area contributed by atoms with E-state index in [9.17, 15) is 5.26 Å². The van der Waals surface area contributed by atoms with E-state index in [1.165, 1.54) is 70.4 Å². The quantitative estimate of drug-likeness (QED) is 0.165. The molecule has 2 atom stereocenters. The van der Waals surface area contributed by atoms with Crippen LogP contribution in [0.15, 0.2) is 206 Å². The Kier molecular flexibility index (Phi) is 7.73. The fraction of sp³-hybridized carbons (Fsp3) is 0.0364. The van der Waals surface area contributed by atoms with Crippen LogP contribution in [0.1, 0.15) is 16.7 Å². The number of benzene rings is 9. The number of fused-ring (bicyclic) bond motifs is 7. The molecule has 0 amide bonds. The molecule has 0 spiro atoms. The lowest BCUT2D eigenvalue weighted by Crippen LogP contribution is -2.40. The largest absolute Gasteiger partial charge is 0.309 e. The number of anilines is 3. The van der Waals surface area contributed by atoms with Gasteiger partial charge < -0.3 is 4.90 Å². The molecule has 2 nitrogen and oxygen atoms in total. The molecule has 266 valence electrons. The van der Waals surface area contributed by atoms with Gasteiger partial charge in [-0.1, -0.05) is 170 Å². The first-order valence-corrected chi connectivity index (χ1v) is 19.7. The van der Waals surface area contributed by atoms with Crippen LogP contribution >= 0.6 is 0 Å². The molecule has 0 fully saturated rings. The summed E-state index contributed by atoms with van der Waals surface area (Å²) < 4.78 is 0. The van der Waals surface area contributed by atoms with Crippen LogP contribution in [0.25, 0.3) is 54.2 Å². The second kappa shape index (κ2) is 13.4. The maximum absolute atomic E-state index is 9.76. The zero-order valence-corrected chi connectivity index (χ0v) is 31.2. The molecule has 2 aliphatic carbocycles. The van der Waals surface area contributed by atoms with E-state index in [2.05, 4.69) is 205 Å². The molecule has 0 radical (unpaired) electrons. The third-order valence-electron chi connectivity index (χ3n) is 12.1. The fourth-order valence-corrected chi connectivity index (χ4v) is 9.61. The van der Waals surface area contributed by atoms with Gasteiger partial charge in [0.2, 0.25) is 0 Å². The number of allylic oxidation sites excluding steroid dienone is 4. The van der Waals surface area contributed by atoms with E-state index in [-0.39, 0.29) is 11.8 Å². The Bertz CT molecular complexity index is 3320. The van der Waals surface area contributed by atoms with Gasteiger partial charge in [-0.05, 0) is 101 Å². The van der Waals surface area contributed by atoms with Crippen molar-refractivity contribution in [3.8, 4) is 6.07 Å². The van der Waals surface area contributed by atoms with Gasteiger partial charge in [-0.25, -0.2) is 0 Å². The maximum atomic E-state index is 9.76. The average molecular weight is 725 g/mol. The lowest BCUT2D eigenvalue weighted by Gasteiger charge is -2.34. The fourth-order valence-electron chi connectivity index (χ4n) is 9.61. The van der Waals surface area contributed by atoms with Gasteiger partial charge in [-0.15, -0.1) is 0 Å². The summed E-state index contributed by atoms with van der Waals surface area (Å²) in [5, 5.41) is 22.0. The Morgan fingerprint density at radius 3 is 1.61 bits per heavy atom. The summed E-state index contributed by atoms with van der Waals surface area (Å²) in [5.74, 6) is 0.315. The summed E-state index contributed by atoms with van der Waals surface area (Å²) in [6, 6.07) is 68.1. The number of nitriles is 1. The molecule has 0 bridgehead atoms. The Morgan fingerprint density at radius 2 is 0.930 bits per heavy atom. The first-order valence-electron chi connectivity index (χ1n) is 19.7. The van der Waals surface area contributed by atoms with Crippen LogP contribution in [0.3, 0.4) is 0 Å². The summed E-state index contributed by atoms with van der Waals surface area (Å²) in [7, 11) is 0. The average Bonchev–Trinajstić information content (AvgIpc) is 3.28. The first-order chi connectivity index (χ1) is 28.3. The SMILES string of the molecule is N#Cc1ccc(N(c2ccc(C3=c4ccccc4=C(c4cccc5ccccc45)C4C=CC=CC34)c3ccccc23)c2cc3ccccc3c3ccccc23)cc1. The molecule has 0 saturated carbocycles. The summed E-state index contributed by atoms with van der Waals surface area (Å²) >= 11 is 0. The molecular weight excluding hydrogens is 689 g/mol. The number of hydrogen-bond acceptors (Lipinski definition) is 2. The molecule has 0 aliphatic heterocycles. The van der Waals surface area contributed by atoms with Gasteiger partial charge in [0.25, 0.3) is 0 Å². The molecule has 9 aromatic rings. The van der Waals surface area contributed by atoms with E-state index in [4.69, 9.17) is 0 Å². The Hall–Kier alpha value is -7.47. The van der Waals surface area contributed by atoms with Crippen LogP contribution < -0.4 is 15.3 Å². The molecule has 0 heterocycles. The first kappa shape index (κ1) is 32.9. The Labute approximate surface area is 331 Å². The van der Waals surface area contributed by atoms with Crippen molar-refractivity contribution < 1.29 is 0 Å². The van der Waals surface area contributed by atoms with Crippen LogP contribution in [0.2, 0.25) is 0 Å². The monoisotopic (exact) mass is 724 g/mol. The number of nitrogens with zero attached hydrogens (tertiary/aromatic N) is 2. The highest BCUT2D eigenvalue weighted by Gasteiger charge is 2.33. The van der Waals surface area contributed by atoms with Gasteiger partial charge in [-0.2, -0.15) is 5.26 Å². The zero-order valence-electron chi connectivity index (χ0n) is 31.2. The van der Waals surface area contributed by atoms with Crippen LogP contribution in [-0.4, -0.2) is 0 Å².